The zero-order valence-corrected chi connectivity index (χ0v) is 10.8. The van der Waals surface area contributed by atoms with E-state index >= 15 is 0 Å². The minimum Gasteiger partial charge on any atom is -0.355 e. The highest BCUT2D eigenvalue weighted by atomic mass is 14.7. The van der Waals surface area contributed by atoms with Crippen molar-refractivity contribution < 1.29 is 0 Å². The Morgan fingerprint density at radius 1 is 1.00 bits per heavy atom. The van der Waals surface area contributed by atoms with Gasteiger partial charge in [0.1, 0.15) is 0 Å². The van der Waals surface area contributed by atoms with E-state index in [1.54, 1.807) is 0 Å². The first-order valence-electron chi connectivity index (χ1n) is 6.37. The van der Waals surface area contributed by atoms with Crippen LogP contribution < -0.4 is 0 Å². The number of aromatic amines is 1. The highest BCUT2D eigenvalue weighted by molar-refractivity contribution is 6.07. The van der Waals surface area contributed by atoms with Gasteiger partial charge in [-0.15, -0.1) is 0 Å². The quantitative estimate of drug-likeness (QED) is 0.612. The van der Waals surface area contributed by atoms with Crippen LogP contribution >= 0.6 is 0 Å². The molecule has 0 saturated heterocycles. The lowest BCUT2D eigenvalue weighted by Gasteiger charge is -1.98. The molecule has 0 radical (unpaired) electrons. The molecule has 18 heavy (non-hydrogen) atoms. The van der Waals surface area contributed by atoms with Crippen molar-refractivity contribution in [3.63, 3.8) is 0 Å². The maximum Gasteiger partial charge on any atom is 0.0465 e. The fourth-order valence-electron chi connectivity index (χ4n) is 2.34. The molecule has 0 unspecified atom stereocenters. The van der Waals surface area contributed by atoms with Crippen LogP contribution in [-0.2, 0) is 6.42 Å². The Labute approximate surface area is 107 Å². The van der Waals surface area contributed by atoms with Crippen LogP contribution in [0.4, 0.5) is 0 Å². The number of nitrogens with one attached hydrogen (secondary N) is 1. The third-order valence-electron chi connectivity index (χ3n) is 3.32. The molecule has 0 spiro atoms. The van der Waals surface area contributed by atoms with E-state index in [0.717, 1.165) is 6.42 Å². The van der Waals surface area contributed by atoms with Gasteiger partial charge in [0.2, 0.25) is 0 Å². The fraction of sp³-hybridized carbons (Fsp3) is 0.176. The molecule has 0 amide bonds. The SMILES string of the molecule is CC(C)=CCc1ccc2[nH]c3ccccc3c2c1. The number of rotatable bonds is 2. The van der Waals surface area contributed by atoms with Gasteiger partial charge in [-0.2, -0.15) is 0 Å². The van der Waals surface area contributed by atoms with Crippen LogP contribution in [0.5, 0.6) is 0 Å². The van der Waals surface area contributed by atoms with Crippen LogP contribution in [-0.4, -0.2) is 4.98 Å². The standard InChI is InChI=1S/C17H17N/c1-12(2)7-8-13-9-10-17-15(11-13)14-5-3-4-6-16(14)18-17/h3-7,9-11,18H,8H2,1-2H3. The van der Waals surface area contributed by atoms with Crippen molar-refractivity contribution >= 4 is 21.8 Å². The van der Waals surface area contributed by atoms with Crippen molar-refractivity contribution in [2.45, 2.75) is 20.3 Å². The highest BCUT2D eigenvalue weighted by Gasteiger charge is 2.03. The summed E-state index contributed by atoms with van der Waals surface area (Å²) in [5, 5.41) is 2.64. The van der Waals surface area contributed by atoms with Crippen LogP contribution in [0.25, 0.3) is 21.8 Å². The normalized spacial score (nSPS) is 11.0. The Bertz CT molecular complexity index is 728. The third kappa shape index (κ3) is 1.92. The summed E-state index contributed by atoms with van der Waals surface area (Å²) in [6.07, 6.45) is 3.29. The third-order valence-corrected chi connectivity index (χ3v) is 3.32. The zero-order chi connectivity index (χ0) is 12.5. The second-order valence-electron chi connectivity index (χ2n) is 5.04. The molecule has 1 heterocycles. The molecule has 90 valence electrons. The van der Waals surface area contributed by atoms with Gasteiger partial charge in [-0.05, 0) is 44.0 Å². The van der Waals surface area contributed by atoms with Gasteiger partial charge in [0.05, 0.1) is 0 Å². The monoisotopic (exact) mass is 235 g/mol. The summed E-state index contributed by atoms with van der Waals surface area (Å²) in [5.41, 5.74) is 5.17. The lowest BCUT2D eigenvalue weighted by Crippen LogP contribution is -1.81. The van der Waals surface area contributed by atoms with E-state index in [4.69, 9.17) is 0 Å². The molecule has 2 aromatic carbocycles. The van der Waals surface area contributed by atoms with Crippen LogP contribution in [0.3, 0.4) is 0 Å². The molecular weight excluding hydrogens is 218 g/mol. The van der Waals surface area contributed by atoms with E-state index in [9.17, 15) is 0 Å². The molecule has 1 N–H and O–H groups in total. The number of H-pyrrole nitrogens is 1. The maximum atomic E-state index is 3.45. The first-order chi connectivity index (χ1) is 8.74. The topological polar surface area (TPSA) is 15.8 Å². The van der Waals surface area contributed by atoms with Crippen LogP contribution in [0.2, 0.25) is 0 Å². The molecular formula is C17H17N. The van der Waals surface area contributed by atoms with Crippen molar-refractivity contribution in [2.24, 2.45) is 0 Å². The predicted molar refractivity (Wildman–Crippen MR) is 78.9 cm³/mol. The minimum absolute atomic E-state index is 1.01. The number of benzene rings is 2. The molecule has 0 saturated carbocycles. The van der Waals surface area contributed by atoms with Gasteiger partial charge in [-0.3, -0.25) is 0 Å². The summed E-state index contributed by atoms with van der Waals surface area (Å²) in [5.74, 6) is 0. The van der Waals surface area contributed by atoms with E-state index in [0.29, 0.717) is 0 Å². The highest BCUT2D eigenvalue weighted by Crippen LogP contribution is 2.26. The van der Waals surface area contributed by atoms with E-state index in [2.05, 4.69) is 67.4 Å². The van der Waals surface area contributed by atoms with Gasteiger partial charge in [0.15, 0.2) is 0 Å². The van der Waals surface area contributed by atoms with E-state index in [-0.39, 0.29) is 0 Å². The zero-order valence-electron chi connectivity index (χ0n) is 10.8. The number of fused-ring (bicyclic) bond motifs is 3. The Kier molecular flexibility index (Phi) is 2.67. The van der Waals surface area contributed by atoms with E-state index in [1.807, 2.05) is 0 Å². The van der Waals surface area contributed by atoms with Crippen molar-refractivity contribution in [3.05, 3.63) is 59.7 Å². The Hall–Kier alpha value is -2.02. The summed E-state index contributed by atoms with van der Waals surface area (Å²) < 4.78 is 0. The van der Waals surface area contributed by atoms with E-state index < -0.39 is 0 Å². The van der Waals surface area contributed by atoms with E-state index in [1.165, 1.54) is 32.9 Å². The van der Waals surface area contributed by atoms with Gasteiger partial charge in [-0.1, -0.05) is 35.9 Å². The number of hydrogen-bond acceptors (Lipinski definition) is 0. The average molecular weight is 235 g/mol. The van der Waals surface area contributed by atoms with Gasteiger partial charge in [0, 0.05) is 21.8 Å². The molecule has 0 bridgehead atoms. The Morgan fingerprint density at radius 2 is 1.78 bits per heavy atom. The second-order valence-corrected chi connectivity index (χ2v) is 5.04. The fourth-order valence-corrected chi connectivity index (χ4v) is 2.34. The van der Waals surface area contributed by atoms with Gasteiger partial charge >= 0.3 is 0 Å². The van der Waals surface area contributed by atoms with Gasteiger partial charge in [0.25, 0.3) is 0 Å². The summed E-state index contributed by atoms with van der Waals surface area (Å²) in [7, 11) is 0. The number of aromatic nitrogens is 1. The Balaban J connectivity index is 2.15. The number of hydrogen-bond donors (Lipinski definition) is 1. The predicted octanol–water partition coefficient (Wildman–Crippen LogP) is 4.83. The smallest absolute Gasteiger partial charge is 0.0465 e. The lowest BCUT2D eigenvalue weighted by molar-refractivity contribution is 1.22. The van der Waals surface area contributed by atoms with Crippen LogP contribution in [0.1, 0.15) is 19.4 Å². The lowest BCUT2D eigenvalue weighted by atomic mass is 10.1. The first kappa shape index (κ1) is 11.1. The minimum atomic E-state index is 1.01. The molecule has 0 atom stereocenters. The van der Waals surface area contributed by atoms with Gasteiger partial charge < -0.3 is 4.98 Å². The van der Waals surface area contributed by atoms with Crippen molar-refractivity contribution in [2.75, 3.05) is 0 Å². The molecule has 1 heteroatoms. The molecule has 0 fully saturated rings. The second kappa shape index (κ2) is 4.34. The van der Waals surface area contributed by atoms with Crippen LogP contribution in [0.15, 0.2) is 54.1 Å². The Morgan fingerprint density at radius 3 is 2.61 bits per heavy atom. The molecule has 0 aliphatic rings. The molecule has 3 aromatic rings. The number of para-hydroxylation sites is 1. The maximum absolute atomic E-state index is 3.45. The summed E-state index contributed by atoms with van der Waals surface area (Å²) in [6, 6.07) is 15.2. The van der Waals surface area contributed by atoms with Crippen molar-refractivity contribution in [3.8, 4) is 0 Å². The molecule has 1 aromatic heterocycles. The number of allylic oxidation sites excluding steroid dienone is 2. The summed E-state index contributed by atoms with van der Waals surface area (Å²) >= 11 is 0. The largest absolute Gasteiger partial charge is 0.355 e. The van der Waals surface area contributed by atoms with Gasteiger partial charge in [-0.25, -0.2) is 0 Å². The molecule has 3 rings (SSSR count). The first-order valence-corrected chi connectivity index (χ1v) is 6.37. The molecule has 0 aliphatic heterocycles. The summed E-state index contributed by atoms with van der Waals surface area (Å²) in [4.78, 5) is 3.45. The van der Waals surface area contributed by atoms with Crippen molar-refractivity contribution in [1.29, 1.82) is 0 Å². The summed E-state index contributed by atoms with van der Waals surface area (Å²) in [6.45, 7) is 4.29. The van der Waals surface area contributed by atoms with Crippen molar-refractivity contribution in [1.82, 2.24) is 4.98 Å². The molecule has 1 nitrogen and oxygen atoms in total. The molecule has 0 aliphatic carbocycles. The van der Waals surface area contributed by atoms with Crippen LogP contribution in [0, 0.1) is 0 Å². The average Bonchev–Trinajstić information content (AvgIpc) is 2.74.